The molecule has 11 nitrogen and oxygen atoms in total. The van der Waals surface area contributed by atoms with Crippen molar-refractivity contribution >= 4 is 51.1 Å². The highest BCUT2D eigenvalue weighted by molar-refractivity contribution is 6.11. The van der Waals surface area contributed by atoms with E-state index in [1.54, 1.807) is 36.4 Å². The number of aromatic amines is 2. The van der Waals surface area contributed by atoms with Crippen LogP contribution >= 0.6 is 0 Å². The Morgan fingerprint density at radius 2 is 1.56 bits per heavy atom. The number of unbranched alkanes of at least 4 members (excludes halogenated alkanes) is 2. The first-order valence-electron chi connectivity index (χ1n) is 14.1. The third-order valence-electron chi connectivity index (χ3n) is 6.97. The quantitative estimate of drug-likeness (QED) is 0.0746. The van der Waals surface area contributed by atoms with Crippen LogP contribution < -0.4 is 15.4 Å². The lowest BCUT2D eigenvalue weighted by molar-refractivity contribution is -0.140. The largest absolute Gasteiger partial charge is 0.494 e. The Kier molecular flexibility index (Phi) is 8.51. The number of methoxy groups -OCH3 is 1. The number of nitrogens with zero attached hydrogens (tertiary/aromatic N) is 1. The van der Waals surface area contributed by atoms with Crippen LogP contribution in [0.2, 0.25) is 0 Å². The van der Waals surface area contributed by atoms with Gasteiger partial charge in [0.25, 0.3) is 0 Å². The van der Waals surface area contributed by atoms with Gasteiger partial charge in [0.1, 0.15) is 11.5 Å². The summed E-state index contributed by atoms with van der Waals surface area (Å²) in [4.78, 5) is 43.4. The molecular weight excluding hydrogens is 550 g/mol. The summed E-state index contributed by atoms with van der Waals surface area (Å²) in [7, 11) is 1.39. The molecule has 3 heterocycles. The molecule has 0 fully saturated rings. The van der Waals surface area contributed by atoms with Crippen LogP contribution in [0, 0.1) is 0 Å². The molecule has 4 N–H and O–H groups in total. The van der Waals surface area contributed by atoms with E-state index in [9.17, 15) is 14.4 Å². The second-order valence-electron chi connectivity index (χ2n) is 11.4. The van der Waals surface area contributed by atoms with Crippen molar-refractivity contribution in [1.82, 2.24) is 15.1 Å². The van der Waals surface area contributed by atoms with Gasteiger partial charge in [-0.25, -0.2) is 4.79 Å². The number of fused-ring (bicyclic) bond motifs is 2. The molecule has 0 radical (unpaired) electrons. The highest BCUT2D eigenvalue weighted by atomic mass is 16.5. The Morgan fingerprint density at radius 1 is 0.860 bits per heavy atom. The van der Waals surface area contributed by atoms with Crippen LogP contribution in [0.3, 0.4) is 0 Å². The van der Waals surface area contributed by atoms with Crippen molar-refractivity contribution in [3.8, 4) is 5.75 Å². The Bertz CT molecular complexity index is 1770. The van der Waals surface area contributed by atoms with Crippen molar-refractivity contribution in [3.05, 3.63) is 71.7 Å². The molecule has 0 unspecified atom stereocenters. The number of benzene rings is 2. The van der Waals surface area contributed by atoms with Gasteiger partial charge in [-0.15, -0.1) is 0 Å². The summed E-state index contributed by atoms with van der Waals surface area (Å²) < 4.78 is 15.8. The minimum Gasteiger partial charge on any atom is -0.494 e. The molecule has 11 heteroatoms. The van der Waals surface area contributed by atoms with Gasteiger partial charge in [0.2, 0.25) is 5.78 Å². The van der Waals surface area contributed by atoms with Gasteiger partial charge in [0.05, 0.1) is 25.1 Å². The molecule has 0 saturated heterocycles. The summed E-state index contributed by atoms with van der Waals surface area (Å²) in [6.45, 7) is 6.52. The number of esters is 1. The fraction of sp³-hybridized carbons (Fsp3) is 0.312. The zero-order valence-electron chi connectivity index (χ0n) is 24.6. The van der Waals surface area contributed by atoms with Gasteiger partial charge < -0.3 is 29.3 Å². The number of nitrogens with one attached hydrogen (secondary N) is 4. The van der Waals surface area contributed by atoms with Gasteiger partial charge in [-0.1, -0.05) is 25.9 Å². The van der Waals surface area contributed by atoms with E-state index in [1.165, 1.54) is 7.11 Å². The molecule has 0 aliphatic carbocycles. The maximum Gasteiger partial charge on any atom is 0.324 e. The van der Waals surface area contributed by atoms with E-state index in [0.29, 0.717) is 47.4 Å². The fourth-order valence-electron chi connectivity index (χ4n) is 4.61. The summed E-state index contributed by atoms with van der Waals surface area (Å²) in [5, 5.41) is 11.0. The molecule has 0 aliphatic heterocycles. The normalized spacial score (nSPS) is 11.5. The standard InChI is InChI=1S/C32H35N5O6/c1-32(2,3)27-18-28(37-43-27)36-31(40)33-21-9-11-23-19(14-21)16-25(34-23)30(39)26-17-20-15-22(10-12-24(20)35-26)42-13-7-5-6-8-29(38)41-4/h9-12,14-18,34-35H,5-8,13H2,1-4H3,(H2,33,36,37,40). The van der Waals surface area contributed by atoms with E-state index in [1.807, 2.05) is 39.0 Å². The maximum absolute atomic E-state index is 13.3. The number of aromatic nitrogens is 3. The van der Waals surface area contributed by atoms with Crippen LogP contribution in [0.25, 0.3) is 21.8 Å². The lowest BCUT2D eigenvalue weighted by atomic mass is 9.93. The summed E-state index contributed by atoms with van der Waals surface area (Å²) in [6, 6.07) is 15.8. The smallest absolute Gasteiger partial charge is 0.324 e. The predicted octanol–water partition coefficient (Wildman–Crippen LogP) is 6.92. The molecule has 5 rings (SSSR count). The molecular formula is C32H35N5O6. The van der Waals surface area contributed by atoms with E-state index in [-0.39, 0.29) is 17.2 Å². The molecule has 0 aliphatic rings. The average molecular weight is 586 g/mol. The average Bonchev–Trinajstić information content (AvgIpc) is 3.72. The van der Waals surface area contributed by atoms with Gasteiger partial charge in [-0.05, 0) is 67.8 Å². The number of H-pyrrole nitrogens is 2. The van der Waals surface area contributed by atoms with Crippen LogP contribution in [-0.2, 0) is 14.9 Å². The number of anilines is 2. The van der Waals surface area contributed by atoms with Crippen LogP contribution in [0.4, 0.5) is 16.3 Å². The highest BCUT2D eigenvalue weighted by Gasteiger charge is 2.20. The van der Waals surface area contributed by atoms with Crippen molar-refractivity contribution in [2.24, 2.45) is 0 Å². The van der Waals surface area contributed by atoms with Crippen LogP contribution in [0.15, 0.2) is 59.1 Å². The van der Waals surface area contributed by atoms with Crippen molar-refractivity contribution in [2.45, 2.75) is 51.9 Å². The monoisotopic (exact) mass is 585 g/mol. The molecule has 0 atom stereocenters. The zero-order chi connectivity index (χ0) is 30.6. The highest BCUT2D eigenvalue weighted by Crippen LogP contribution is 2.27. The van der Waals surface area contributed by atoms with Crippen molar-refractivity contribution in [3.63, 3.8) is 0 Å². The number of ether oxygens (including phenoxy) is 2. The number of hydrogen-bond acceptors (Lipinski definition) is 7. The minimum absolute atomic E-state index is 0.187. The number of urea groups is 1. The predicted molar refractivity (Wildman–Crippen MR) is 164 cm³/mol. The number of hydrogen-bond donors (Lipinski definition) is 4. The van der Waals surface area contributed by atoms with E-state index in [0.717, 1.165) is 41.1 Å². The Morgan fingerprint density at radius 3 is 2.23 bits per heavy atom. The van der Waals surface area contributed by atoms with E-state index >= 15 is 0 Å². The third-order valence-corrected chi connectivity index (χ3v) is 6.97. The first-order valence-corrected chi connectivity index (χ1v) is 14.1. The van der Waals surface area contributed by atoms with Gasteiger partial charge in [-0.2, -0.15) is 0 Å². The lowest BCUT2D eigenvalue weighted by Crippen LogP contribution is -2.19. The summed E-state index contributed by atoms with van der Waals surface area (Å²) in [5.74, 6) is 1.32. The molecule has 2 amide bonds. The Hall–Kier alpha value is -5.06. The summed E-state index contributed by atoms with van der Waals surface area (Å²) in [5.41, 5.74) is 2.79. The van der Waals surface area contributed by atoms with Crippen molar-refractivity contribution in [2.75, 3.05) is 24.4 Å². The number of carbonyl (C=O) groups is 3. The summed E-state index contributed by atoms with van der Waals surface area (Å²) in [6.07, 6.45) is 2.88. The molecule has 0 bridgehead atoms. The SMILES string of the molecule is COC(=O)CCCCCOc1ccc2[nH]c(C(=O)c3cc4cc(NC(=O)Nc5cc(C(C)(C)C)on5)ccc4[nH]3)cc2c1. The topological polar surface area (TPSA) is 151 Å². The van der Waals surface area contributed by atoms with Gasteiger partial charge in [0.15, 0.2) is 5.82 Å². The molecule has 2 aromatic carbocycles. The van der Waals surface area contributed by atoms with Crippen molar-refractivity contribution in [1.29, 1.82) is 0 Å². The number of rotatable bonds is 11. The number of ketones is 1. The lowest BCUT2D eigenvalue weighted by Gasteiger charge is -2.12. The first-order chi connectivity index (χ1) is 20.6. The Balaban J connectivity index is 1.19. The van der Waals surface area contributed by atoms with Gasteiger partial charge in [0, 0.05) is 45.4 Å². The van der Waals surface area contributed by atoms with Gasteiger partial charge >= 0.3 is 12.0 Å². The van der Waals surface area contributed by atoms with Crippen LogP contribution in [-0.4, -0.2) is 46.6 Å². The number of amides is 2. The molecule has 43 heavy (non-hydrogen) atoms. The first kappa shape index (κ1) is 29.4. The minimum atomic E-state index is -0.458. The van der Waals surface area contributed by atoms with E-state index in [2.05, 4.69) is 30.5 Å². The second-order valence-corrected chi connectivity index (χ2v) is 11.4. The molecule has 3 aromatic heterocycles. The zero-order valence-corrected chi connectivity index (χ0v) is 24.6. The van der Waals surface area contributed by atoms with Crippen LogP contribution in [0.1, 0.15) is 68.4 Å². The Labute approximate surface area is 248 Å². The molecule has 0 saturated carbocycles. The van der Waals surface area contributed by atoms with Crippen LogP contribution in [0.5, 0.6) is 5.75 Å². The molecule has 224 valence electrons. The molecule has 5 aromatic rings. The second kappa shape index (κ2) is 12.4. The number of carbonyl (C=O) groups excluding carboxylic acids is 3. The van der Waals surface area contributed by atoms with E-state index < -0.39 is 6.03 Å². The maximum atomic E-state index is 13.3. The van der Waals surface area contributed by atoms with Gasteiger partial charge in [-0.3, -0.25) is 14.9 Å². The molecule has 0 spiro atoms. The third kappa shape index (κ3) is 7.24. The van der Waals surface area contributed by atoms with Crippen molar-refractivity contribution < 1.29 is 28.4 Å². The van der Waals surface area contributed by atoms with E-state index in [4.69, 9.17) is 9.26 Å². The fourth-order valence-corrected chi connectivity index (χ4v) is 4.61. The summed E-state index contributed by atoms with van der Waals surface area (Å²) >= 11 is 0.